The number of nitrogens with zero attached hydrogens (tertiary/aromatic N) is 2. The van der Waals surface area contributed by atoms with Gasteiger partial charge in [-0.3, -0.25) is 0 Å². The summed E-state index contributed by atoms with van der Waals surface area (Å²) in [5, 5.41) is 0. The molecular formula is C6H10N2. The lowest BCUT2D eigenvalue weighted by molar-refractivity contribution is 0.459. The molecule has 0 amide bonds. The third-order valence-corrected chi connectivity index (χ3v) is 1.34. The Morgan fingerprint density at radius 1 is 1.62 bits per heavy atom. The fourth-order valence-corrected chi connectivity index (χ4v) is 0.559. The van der Waals surface area contributed by atoms with Crippen molar-refractivity contribution >= 4 is 6.34 Å². The van der Waals surface area contributed by atoms with Gasteiger partial charge < -0.3 is 4.90 Å². The van der Waals surface area contributed by atoms with Crippen LogP contribution in [0, 0.1) is 0 Å². The Balaban J connectivity index is 2.59. The molecule has 0 saturated heterocycles. The van der Waals surface area contributed by atoms with Crippen molar-refractivity contribution in [3.63, 3.8) is 0 Å². The van der Waals surface area contributed by atoms with Crippen LogP contribution in [0.2, 0.25) is 0 Å². The van der Waals surface area contributed by atoms with Crippen molar-refractivity contribution in [3.8, 4) is 0 Å². The highest BCUT2D eigenvalue weighted by Crippen LogP contribution is 1.98. The van der Waals surface area contributed by atoms with Crippen molar-refractivity contribution in [1.29, 1.82) is 0 Å². The van der Waals surface area contributed by atoms with Crippen molar-refractivity contribution in [3.05, 3.63) is 12.3 Å². The number of likely N-dealkylation sites (N-methyl/N-ethyl adjacent to an activating group) is 1. The zero-order chi connectivity index (χ0) is 5.98. The first-order valence-corrected chi connectivity index (χ1v) is 2.72. The van der Waals surface area contributed by atoms with E-state index in [-0.39, 0.29) is 0 Å². The van der Waals surface area contributed by atoms with E-state index in [2.05, 4.69) is 22.9 Å². The number of rotatable bonds is 0. The number of aliphatic imine (C=N–C) groups is 1. The van der Waals surface area contributed by atoms with Crippen LogP contribution in [-0.2, 0) is 0 Å². The van der Waals surface area contributed by atoms with Crippen LogP contribution in [0.1, 0.15) is 6.92 Å². The molecule has 0 bridgehead atoms. The normalized spacial score (nSPS) is 26.8. The van der Waals surface area contributed by atoms with E-state index in [1.807, 2.05) is 19.6 Å². The highest BCUT2D eigenvalue weighted by Gasteiger charge is 2.01. The molecular weight excluding hydrogens is 100 g/mol. The van der Waals surface area contributed by atoms with Crippen molar-refractivity contribution in [2.75, 3.05) is 7.05 Å². The van der Waals surface area contributed by atoms with Gasteiger partial charge in [-0.05, 0) is 13.0 Å². The molecule has 0 spiro atoms. The van der Waals surface area contributed by atoms with Crippen molar-refractivity contribution in [2.24, 2.45) is 4.99 Å². The fraction of sp³-hybridized carbons (Fsp3) is 0.500. The Morgan fingerprint density at radius 2 is 2.38 bits per heavy atom. The predicted octanol–water partition coefficient (Wildman–Crippen LogP) is 0.862. The van der Waals surface area contributed by atoms with E-state index in [0.717, 1.165) is 0 Å². The summed E-state index contributed by atoms with van der Waals surface area (Å²) < 4.78 is 0. The van der Waals surface area contributed by atoms with Crippen molar-refractivity contribution < 1.29 is 0 Å². The van der Waals surface area contributed by atoms with Crippen LogP contribution in [0.4, 0.5) is 0 Å². The van der Waals surface area contributed by atoms with E-state index in [0.29, 0.717) is 6.04 Å². The van der Waals surface area contributed by atoms with Crippen LogP contribution in [0.25, 0.3) is 0 Å². The largest absolute Gasteiger partial charge is 0.359 e. The molecule has 0 N–H and O–H groups in total. The van der Waals surface area contributed by atoms with E-state index in [9.17, 15) is 0 Å². The van der Waals surface area contributed by atoms with Gasteiger partial charge in [0.1, 0.15) is 0 Å². The van der Waals surface area contributed by atoms with Gasteiger partial charge in [0.25, 0.3) is 0 Å². The fourth-order valence-electron chi connectivity index (χ4n) is 0.559. The summed E-state index contributed by atoms with van der Waals surface area (Å²) in [4.78, 5) is 5.98. The monoisotopic (exact) mass is 110 g/mol. The average molecular weight is 110 g/mol. The molecule has 1 atom stereocenters. The first-order chi connectivity index (χ1) is 3.80. The standard InChI is InChI=1S/C6H10N2/c1-6-3-4-7-5-8(6)2/h3-6H,1-2H3. The number of hydrogen-bond acceptors (Lipinski definition) is 2. The first-order valence-electron chi connectivity index (χ1n) is 2.72. The SMILES string of the molecule is CC1C=CN=CN1C. The minimum Gasteiger partial charge on any atom is -0.359 e. The van der Waals surface area contributed by atoms with Gasteiger partial charge in [0, 0.05) is 19.3 Å². The Labute approximate surface area is 49.5 Å². The van der Waals surface area contributed by atoms with Crippen LogP contribution < -0.4 is 0 Å². The van der Waals surface area contributed by atoms with E-state index < -0.39 is 0 Å². The third kappa shape index (κ3) is 0.886. The molecule has 0 fully saturated rings. The maximum Gasteiger partial charge on any atom is 0.0907 e. The molecule has 0 saturated carbocycles. The summed E-state index contributed by atoms with van der Waals surface area (Å²) in [6, 6.07) is 0.507. The van der Waals surface area contributed by atoms with E-state index in [4.69, 9.17) is 0 Å². The smallest absolute Gasteiger partial charge is 0.0907 e. The lowest BCUT2D eigenvalue weighted by Crippen LogP contribution is -2.27. The minimum atomic E-state index is 0.507. The maximum absolute atomic E-state index is 3.93. The van der Waals surface area contributed by atoms with Gasteiger partial charge in [-0.1, -0.05) is 0 Å². The van der Waals surface area contributed by atoms with Crippen molar-refractivity contribution in [2.45, 2.75) is 13.0 Å². The van der Waals surface area contributed by atoms with Crippen LogP contribution in [-0.4, -0.2) is 24.3 Å². The molecule has 0 aromatic carbocycles. The topological polar surface area (TPSA) is 15.6 Å². The predicted molar refractivity (Wildman–Crippen MR) is 34.9 cm³/mol. The minimum absolute atomic E-state index is 0.507. The van der Waals surface area contributed by atoms with E-state index in [1.54, 1.807) is 0 Å². The summed E-state index contributed by atoms with van der Waals surface area (Å²) in [6.07, 6.45) is 5.70. The van der Waals surface area contributed by atoms with Crippen LogP contribution in [0.3, 0.4) is 0 Å². The molecule has 0 aromatic heterocycles. The zero-order valence-corrected chi connectivity index (χ0v) is 5.20. The second-order valence-corrected chi connectivity index (χ2v) is 2.01. The summed E-state index contributed by atoms with van der Waals surface area (Å²) in [6.45, 7) is 2.13. The molecule has 0 aliphatic carbocycles. The quantitative estimate of drug-likeness (QED) is 0.451. The summed E-state index contributed by atoms with van der Waals surface area (Å²) in [5.74, 6) is 0. The van der Waals surface area contributed by atoms with Crippen molar-refractivity contribution in [1.82, 2.24) is 4.90 Å². The molecule has 1 heterocycles. The van der Waals surface area contributed by atoms with E-state index in [1.165, 1.54) is 0 Å². The second-order valence-electron chi connectivity index (χ2n) is 2.01. The molecule has 2 heteroatoms. The zero-order valence-electron chi connectivity index (χ0n) is 5.20. The maximum atomic E-state index is 3.93. The highest BCUT2D eigenvalue weighted by molar-refractivity contribution is 5.57. The summed E-state index contributed by atoms with van der Waals surface area (Å²) >= 11 is 0. The van der Waals surface area contributed by atoms with Gasteiger partial charge in [-0.15, -0.1) is 0 Å². The van der Waals surface area contributed by atoms with Gasteiger partial charge in [0.05, 0.1) is 6.34 Å². The van der Waals surface area contributed by atoms with Crippen LogP contribution in [0.5, 0.6) is 0 Å². The lowest BCUT2D eigenvalue weighted by Gasteiger charge is -2.20. The highest BCUT2D eigenvalue weighted by atomic mass is 15.2. The molecule has 0 radical (unpaired) electrons. The molecule has 1 aliphatic rings. The number of hydrogen-bond donors (Lipinski definition) is 0. The Kier molecular flexibility index (Phi) is 1.33. The van der Waals surface area contributed by atoms with E-state index >= 15 is 0 Å². The third-order valence-electron chi connectivity index (χ3n) is 1.34. The first kappa shape index (κ1) is 5.35. The summed E-state index contributed by atoms with van der Waals surface area (Å²) in [7, 11) is 2.01. The molecule has 0 aromatic rings. The Morgan fingerprint density at radius 3 is 2.75 bits per heavy atom. The van der Waals surface area contributed by atoms with Gasteiger partial charge in [-0.25, -0.2) is 4.99 Å². The molecule has 44 valence electrons. The molecule has 8 heavy (non-hydrogen) atoms. The van der Waals surface area contributed by atoms with Crippen LogP contribution in [0.15, 0.2) is 17.3 Å². The molecule has 1 aliphatic heterocycles. The van der Waals surface area contributed by atoms with Gasteiger partial charge >= 0.3 is 0 Å². The Bertz CT molecular complexity index is 110. The van der Waals surface area contributed by atoms with Crippen LogP contribution >= 0.6 is 0 Å². The average Bonchev–Trinajstić information content (AvgIpc) is 1.77. The molecule has 2 nitrogen and oxygen atoms in total. The Hall–Kier alpha value is -0.790. The van der Waals surface area contributed by atoms with Gasteiger partial charge in [0.2, 0.25) is 0 Å². The molecule has 1 unspecified atom stereocenters. The van der Waals surface area contributed by atoms with Gasteiger partial charge in [-0.2, -0.15) is 0 Å². The lowest BCUT2D eigenvalue weighted by atomic mass is 10.3. The molecule has 1 rings (SSSR count). The summed E-state index contributed by atoms with van der Waals surface area (Å²) in [5.41, 5.74) is 0. The second kappa shape index (κ2) is 1.99. The van der Waals surface area contributed by atoms with Gasteiger partial charge in [0.15, 0.2) is 0 Å².